The van der Waals surface area contributed by atoms with Crippen LogP contribution in [0.15, 0.2) is 24.4 Å². The summed E-state index contributed by atoms with van der Waals surface area (Å²) in [4.78, 5) is 14.3. The van der Waals surface area contributed by atoms with E-state index in [1.807, 2.05) is 6.92 Å². The van der Waals surface area contributed by atoms with Gasteiger partial charge in [0.25, 0.3) is 5.69 Å². The number of hydrogen-bond donors (Lipinski definition) is 1. The van der Waals surface area contributed by atoms with Gasteiger partial charge >= 0.3 is 0 Å². The van der Waals surface area contributed by atoms with Crippen molar-refractivity contribution in [2.75, 3.05) is 5.73 Å². The van der Waals surface area contributed by atoms with Gasteiger partial charge in [0.05, 0.1) is 4.92 Å². The molecule has 0 aliphatic carbocycles. The number of nitrogens with zero attached hydrogens (tertiary/aromatic N) is 2. The van der Waals surface area contributed by atoms with Gasteiger partial charge in [0, 0.05) is 23.7 Å². The molecule has 0 unspecified atom stereocenters. The maximum Gasteiger partial charge on any atom is 0.270 e. The molecule has 2 aromatic rings. The number of rotatable bonds is 2. The molecule has 1 aromatic carbocycles. The highest BCUT2D eigenvalue weighted by molar-refractivity contribution is 5.94. The first-order valence-electron chi connectivity index (χ1n) is 4.95. The third kappa shape index (κ3) is 1.56. The van der Waals surface area contributed by atoms with Crippen LogP contribution in [0.2, 0.25) is 0 Å². The maximum atomic E-state index is 10.7. The molecule has 1 heterocycles. The number of nitro groups is 1. The molecule has 0 aliphatic heterocycles. The number of pyridine rings is 1. The standard InChI is InChI=1S/C11H11N3O2/c1-2-7-6-13-11(12)10-5-8(14(15)16)3-4-9(7)10/h3-6H,2H2,1H3,(H2,12,13). The Labute approximate surface area is 92.1 Å². The zero-order valence-electron chi connectivity index (χ0n) is 8.80. The van der Waals surface area contributed by atoms with E-state index in [4.69, 9.17) is 5.73 Å². The number of benzene rings is 1. The third-order valence-corrected chi connectivity index (χ3v) is 2.58. The molecule has 0 radical (unpaired) electrons. The van der Waals surface area contributed by atoms with Crippen LogP contribution in [-0.2, 0) is 6.42 Å². The van der Waals surface area contributed by atoms with Crippen molar-refractivity contribution in [3.05, 3.63) is 40.1 Å². The summed E-state index contributed by atoms with van der Waals surface area (Å²) in [5.41, 5.74) is 6.79. The van der Waals surface area contributed by atoms with Gasteiger partial charge in [-0.2, -0.15) is 0 Å². The highest BCUT2D eigenvalue weighted by Crippen LogP contribution is 2.27. The molecule has 0 spiro atoms. The second kappa shape index (κ2) is 3.77. The van der Waals surface area contributed by atoms with Crippen molar-refractivity contribution >= 4 is 22.3 Å². The fraction of sp³-hybridized carbons (Fsp3) is 0.182. The van der Waals surface area contributed by atoms with Crippen molar-refractivity contribution in [1.82, 2.24) is 4.98 Å². The van der Waals surface area contributed by atoms with Crippen molar-refractivity contribution in [2.45, 2.75) is 13.3 Å². The Morgan fingerprint density at radius 1 is 1.44 bits per heavy atom. The van der Waals surface area contributed by atoms with E-state index >= 15 is 0 Å². The molecule has 16 heavy (non-hydrogen) atoms. The van der Waals surface area contributed by atoms with E-state index in [9.17, 15) is 10.1 Å². The minimum absolute atomic E-state index is 0.0363. The molecule has 5 heteroatoms. The second-order valence-electron chi connectivity index (χ2n) is 3.51. The molecule has 1 aromatic heterocycles. The minimum atomic E-state index is -0.433. The summed E-state index contributed by atoms with van der Waals surface area (Å²) >= 11 is 0. The number of aromatic nitrogens is 1. The summed E-state index contributed by atoms with van der Waals surface area (Å²) in [6, 6.07) is 4.68. The van der Waals surface area contributed by atoms with Gasteiger partial charge < -0.3 is 5.73 Å². The van der Waals surface area contributed by atoms with Crippen molar-refractivity contribution in [1.29, 1.82) is 0 Å². The predicted octanol–water partition coefficient (Wildman–Crippen LogP) is 2.29. The zero-order valence-corrected chi connectivity index (χ0v) is 8.80. The highest BCUT2D eigenvalue weighted by atomic mass is 16.6. The number of fused-ring (bicyclic) bond motifs is 1. The summed E-state index contributed by atoms with van der Waals surface area (Å²) in [6.45, 7) is 2.01. The number of anilines is 1. The van der Waals surface area contributed by atoms with Gasteiger partial charge in [-0.1, -0.05) is 6.92 Å². The van der Waals surface area contributed by atoms with Crippen LogP contribution in [0, 0.1) is 10.1 Å². The Bertz CT molecular complexity index is 566. The van der Waals surface area contributed by atoms with Crippen LogP contribution in [0.1, 0.15) is 12.5 Å². The van der Waals surface area contributed by atoms with Gasteiger partial charge in [0.2, 0.25) is 0 Å². The lowest BCUT2D eigenvalue weighted by atomic mass is 10.0. The van der Waals surface area contributed by atoms with Crippen LogP contribution in [0.5, 0.6) is 0 Å². The lowest BCUT2D eigenvalue weighted by Gasteiger charge is -2.05. The fourth-order valence-corrected chi connectivity index (χ4v) is 1.71. The first-order valence-corrected chi connectivity index (χ1v) is 4.95. The topological polar surface area (TPSA) is 82.0 Å². The average Bonchev–Trinajstić information content (AvgIpc) is 2.29. The summed E-state index contributed by atoms with van der Waals surface area (Å²) < 4.78 is 0. The monoisotopic (exact) mass is 217 g/mol. The van der Waals surface area contributed by atoms with E-state index in [1.54, 1.807) is 12.3 Å². The first-order chi connectivity index (χ1) is 7.63. The quantitative estimate of drug-likeness (QED) is 0.618. The van der Waals surface area contributed by atoms with E-state index in [0.29, 0.717) is 11.2 Å². The Balaban J connectivity index is 2.77. The van der Waals surface area contributed by atoms with Gasteiger partial charge in [-0.05, 0) is 23.4 Å². The predicted molar refractivity (Wildman–Crippen MR) is 62.2 cm³/mol. The molecule has 0 saturated carbocycles. The van der Waals surface area contributed by atoms with Crippen molar-refractivity contribution < 1.29 is 4.92 Å². The molecule has 5 nitrogen and oxygen atoms in total. The molecule has 2 rings (SSSR count). The molecule has 0 bridgehead atoms. The number of nitrogen functional groups attached to an aromatic ring is 1. The van der Waals surface area contributed by atoms with Crippen LogP contribution in [-0.4, -0.2) is 9.91 Å². The Morgan fingerprint density at radius 2 is 2.19 bits per heavy atom. The van der Waals surface area contributed by atoms with Crippen LogP contribution in [0.4, 0.5) is 11.5 Å². The number of aryl methyl sites for hydroxylation is 1. The molecule has 82 valence electrons. The molecule has 2 N–H and O–H groups in total. The van der Waals surface area contributed by atoms with E-state index in [2.05, 4.69) is 4.98 Å². The van der Waals surface area contributed by atoms with Crippen molar-refractivity contribution in [3.63, 3.8) is 0 Å². The summed E-state index contributed by atoms with van der Waals surface area (Å²) in [7, 11) is 0. The number of nitro benzene ring substituents is 1. The van der Waals surface area contributed by atoms with E-state index in [-0.39, 0.29) is 5.69 Å². The van der Waals surface area contributed by atoms with Crippen LogP contribution in [0.3, 0.4) is 0 Å². The van der Waals surface area contributed by atoms with Gasteiger partial charge in [0.15, 0.2) is 0 Å². The van der Waals surface area contributed by atoms with E-state index in [1.165, 1.54) is 12.1 Å². The van der Waals surface area contributed by atoms with Gasteiger partial charge in [-0.3, -0.25) is 10.1 Å². The lowest BCUT2D eigenvalue weighted by Crippen LogP contribution is -1.96. The zero-order chi connectivity index (χ0) is 11.7. The Hall–Kier alpha value is -2.17. The lowest BCUT2D eigenvalue weighted by molar-refractivity contribution is -0.384. The average molecular weight is 217 g/mol. The largest absolute Gasteiger partial charge is 0.383 e. The smallest absolute Gasteiger partial charge is 0.270 e. The number of hydrogen-bond acceptors (Lipinski definition) is 4. The van der Waals surface area contributed by atoms with Crippen LogP contribution >= 0.6 is 0 Å². The van der Waals surface area contributed by atoms with Crippen LogP contribution < -0.4 is 5.73 Å². The fourth-order valence-electron chi connectivity index (χ4n) is 1.71. The molecule has 0 amide bonds. The Kier molecular flexibility index (Phi) is 2.44. The van der Waals surface area contributed by atoms with Crippen LogP contribution in [0.25, 0.3) is 10.8 Å². The maximum absolute atomic E-state index is 10.7. The van der Waals surface area contributed by atoms with Gasteiger partial charge in [0.1, 0.15) is 5.82 Å². The molecular weight excluding hydrogens is 206 g/mol. The third-order valence-electron chi connectivity index (χ3n) is 2.58. The molecule has 0 atom stereocenters. The first kappa shape index (κ1) is 10.4. The second-order valence-corrected chi connectivity index (χ2v) is 3.51. The van der Waals surface area contributed by atoms with E-state index < -0.39 is 4.92 Å². The highest BCUT2D eigenvalue weighted by Gasteiger charge is 2.10. The SMILES string of the molecule is CCc1cnc(N)c2cc([N+](=O)[O-])ccc12. The van der Waals surface area contributed by atoms with Crippen molar-refractivity contribution in [2.24, 2.45) is 0 Å². The summed E-state index contributed by atoms with van der Waals surface area (Å²) in [6.07, 6.45) is 2.53. The molecule has 0 fully saturated rings. The van der Waals surface area contributed by atoms with Crippen molar-refractivity contribution in [3.8, 4) is 0 Å². The number of non-ortho nitro benzene ring substituents is 1. The Morgan fingerprint density at radius 3 is 2.81 bits per heavy atom. The summed E-state index contributed by atoms with van der Waals surface area (Å²) in [5, 5.41) is 12.2. The van der Waals surface area contributed by atoms with E-state index in [0.717, 1.165) is 17.4 Å². The number of nitrogens with two attached hydrogens (primary N) is 1. The van der Waals surface area contributed by atoms with Gasteiger partial charge in [-0.15, -0.1) is 0 Å². The summed E-state index contributed by atoms with van der Waals surface area (Å²) in [5.74, 6) is 0.330. The molecule has 0 saturated heterocycles. The minimum Gasteiger partial charge on any atom is -0.383 e. The normalized spacial score (nSPS) is 10.6. The molecule has 0 aliphatic rings. The molecular formula is C11H11N3O2. The van der Waals surface area contributed by atoms with Gasteiger partial charge in [-0.25, -0.2) is 4.98 Å².